The van der Waals surface area contributed by atoms with Crippen molar-refractivity contribution in [2.24, 2.45) is 11.8 Å². The van der Waals surface area contributed by atoms with Crippen LogP contribution in [0.4, 0.5) is 11.4 Å². The number of hydrogen-bond acceptors (Lipinski definition) is 4. The molecule has 2 saturated heterocycles. The molecule has 3 aliphatic rings. The lowest BCUT2D eigenvalue weighted by Gasteiger charge is -2.29. The van der Waals surface area contributed by atoms with Gasteiger partial charge in [0, 0.05) is 34.4 Å². The van der Waals surface area contributed by atoms with Crippen molar-refractivity contribution in [3.05, 3.63) is 95.2 Å². The lowest BCUT2D eigenvalue weighted by atomic mass is 9.76. The van der Waals surface area contributed by atoms with Gasteiger partial charge in [-0.25, -0.2) is 4.90 Å². The highest BCUT2D eigenvalue weighted by molar-refractivity contribution is 6.25. The summed E-state index contributed by atoms with van der Waals surface area (Å²) in [5.74, 6) is -2.41. The second kappa shape index (κ2) is 7.63. The van der Waals surface area contributed by atoms with Gasteiger partial charge in [-0.2, -0.15) is 0 Å². The van der Waals surface area contributed by atoms with Crippen molar-refractivity contribution in [2.75, 3.05) is 10.2 Å². The molecule has 0 radical (unpaired) electrons. The van der Waals surface area contributed by atoms with Crippen LogP contribution in [-0.4, -0.2) is 28.7 Å². The van der Waals surface area contributed by atoms with E-state index < -0.39 is 23.4 Å². The molecule has 7 rings (SSSR count). The molecule has 3 N–H and O–H groups in total. The van der Waals surface area contributed by atoms with E-state index in [1.807, 2.05) is 86.8 Å². The molecule has 37 heavy (non-hydrogen) atoms. The zero-order valence-electron chi connectivity index (χ0n) is 20.5. The van der Waals surface area contributed by atoms with Crippen LogP contribution in [0.15, 0.2) is 72.9 Å². The SMILES string of the molecule is Cc1ccc(N2C(=O)C3C(Cc4c[nH]c5ccccc45)NC4(C(=O)Nc5ccccc54)C3C2=O)cc1C. The summed E-state index contributed by atoms with van der Waals surface area (Å²) in [6.45, 7) is 3.96. The van der Waals surface area contributed by atoms with Crippen molar-refractivity contribution >= 4 is 40.0 Å². The lowest BCUT2D eigenvalue weighted by Crippen LogP contribution is -2.53. The Morgan fingerprint density at radius 2 is 1.68 bits per heavy atom. The van der Waals surface area contributed by atoms with E-state index in [9.17, 15) is 14.4 Å². The third kappa shape index (κ3) is 2.89. The molecule has 3 amide bonds. The highest BCUT2D eigenvalue weighted by atomic mass is 16.2. The van der Waals surface area contributed by atoms with Crippen molar-refractivity contribution in [3.8, 4) is 0 Å². The molecule has 4 heterocycles. The summed E-state index contributed by atoms with van der Waals surface area (Å²) in [5, 5.41) is 7.58. The first kappa shape index (κ1) is 22.0. The van der Waals surface area contributed by atoms with Crippen molar-refractivity contribution in [3.63, 3.8) is 0 Å². The smallest absolute Gasteiger partial charge is 0.250 e. The number of rotatable bonds is 3. The van der Waals surface area contributed by atoms with Crippen LogP contribution in [0.3, 0.4) is 0 Å². The number of aryl methyl sites for hydroxylation is 2. The number of nitrogens with zero attached hydrogens (tertiary/aromatic N) is 1. The molecule has 0 bridgehead atoms. The fourth-order valence-corrected chi connectivity index (χ4v) is 6.59. The van der Waals surface area contributed by atoms with Gasteiger partial charge in [0.25, 0.3) is 0 Å². The van der Waals surface area contributed by atoms with Crippen LogP contribution in [0.5, 0.6) is 0 Å². The van der Waals surface area contributed by atoms with E-state index in [0.717, 1.165) is 33.2 Å². The monoisotopic (exact) mass is 490 g/mol. The van der Waals surface area contributed by atoms with Crippen molar-refractivity contribution in [1.29, 1.82) is 0 Å². The number of benzene rings is 3. The third-order valence-corrected chi connectivity index (χ3v) is 8.49. The molecule has 0 saturated carbocycles. The predicted molar refractivity (Wildman–Crippen MR) is 141 cm³/mol. The number of H-pyrrole nitrogens is 1. The number of carbonyl (C=O) groups excluding carboxylic acids is 3. The zero-order chi connectivity index (χ0) is 25.5. The second-order valence-electron chi connectivity index (χ2n) is 10.4. The van der Waals surface area contributed by atoms with Crippen LogP contribution in [0, 0.1) is 25.7 Å². The van der Waals surface area contributed by atoms with E-state index in [1.54, 1.807) is 0 Å². The van der Waals surface area contributed by atoms with E-state index in [2.05, 4.69) is 15.6 Å². The van der Waals surface area contributed by atoms with Crippen molar-refractivity contribution in [2.45, 2.75) is 31.8 Å². The maximum atomic E-state index is 14.1. The fraction of sp³-hybridized carbons (Fsp3) is 0.233. The molecule has 2 fully saturated rings. The van der Waals surface area contributed by atoms with Crippen molar-refractivity contribution < 1.29 is 14.4 Å². The average molecular weight is 491 g/mol. The standard InChI is InChI=1S/C30H26N4O3/c1-16-11-12-19(13-17(16)2)34-27(35)25-24(14-18-15-31-22-9-5-3-7-20(18)22)33-30(26(25)28(34)36)21-8-4-6-10-23(21)32-29(30)37/h3-13,15,24-26,31,33H,14H2,1-2H3,(H,32,37). The van der Waals surface area contributed by atoms with Gasteiger partial charge in [0.2, 0.25) is 17.7 Å². The number of para-hydroxylation sites is 2. The Morgan fingerprint density at radius 1 is 0.892 bits per heavy atom. The molecular weight excluding hydrogens is 464 g/mol. The first-order chi connectivity index (χ1) is 17.9. The number of aromatic nitrogens is 1. The summed E-state index contributed by atoms with van der Waals surface area (Å²) < 4.78 is 0. The summed E-state index contributed by atoms with van der Waals surface area (Å²) in [5.41, 5.74) is 4.79. The largest absolute Gasteiger partial charge is 0.361 e. The highest BCUT2D eigenvalue weighted by Crippen LogP contribution is 2.54. The van der Waals surface area contributed by atoms with E-state index in [0.29, 0.717) is 17.8 Å². The van der Waals surface area contributed by atoms with Gasteiger partial charge >= 0.3 is 0 Å². The van der Waals surface area contributed by atoms with Gasteiger partial charge < -0.3 is 10.3 Å². The van der Waals surface area contributed by atoms with Gasteiger partial charge in [0.05, 0.1) is 17.5 Å². The number of nitrogens with one attached hydrogen (secondary N) is 3. The lowest BCUT2D eigenvalue weighted by molar-refractivity contribution is -0.130. The molecular formula is C30H26N4O3. The van der Waals surface area contributed by atoms with Crippen LogP contribution in [0.2, 0.25) is 0 Å². The molecule has 4 atom stereocenters. The second-order valence-corrected chi connectivity index (χ2v) is 10.4. The number of hydrogen-bond donors (Lipinski definition) is 3. The van der Waals surface area contributed by atoms with E-state index in [1.165, 1.54) is 4.90 Å². The fourth-order valence-electron chi connectivity index (χ4n) is 6.59. The molecule has 1 aromatic heterocycles. The molecule has 7 nitrogen and oxygen atoms in total. The minimum atomic E-state index is -1.31. The molecule has 184 valence electrons. The Balaban J connectivity index is 1.38. The summed E-state index contributed by atoms with van der Waals surface area (Å²) in [6, 6.07) is 20.7. The molecule has 1 spiro atoms. The first-order valence-electron chi connectivity index (χ1n) is 12.6. The minimum absolute atomic E-state index is 0.260. The number of carbonyl (C=O) groups is 3. The van der Waals surface area contributed by atoms with Crippen LogP contribution in [0.25, 0.3) is 10.9 Å². The molecule has 7 heteroatoms. The van der Waals surface area contributed by atoms with Crippen LogP contribution in [-0.2, 0) is 26.3 Å². The van der Waals surface area contributed by atoms with Gasteiger partial charge in [0.1, 0.15) is 5.54 Å². The van der Waals surface area contributed by atoms with Crippen LogP contribution < -0.4 is 15.5 Å². The Morgan fingerprint density at radius 3 is 2.51 bits per heavy atom. The maximum Gasteiger partial charge on any atom is 0.250 e. The molecule has 4 aromatic rings. The van der Waals surface area contributed by atoms with Crippen LogP contribution >= 0.6 is 0 Å². The van der Waals surface area contributed by atoms with E-state index in [-0.39, 0.29) is 17.7 Å². The number of imide groups is 1. The number of anilines is 2. The Bertz CT molecular complexity index is 1640. The maximum absolute atomic E-state index is 14.1. The first-order valence-corrected chi connectivity index (χ1v) is 12.6. The summed E-state index contributed by atoms with van der Waals surface area (Å²) >= 11 is 0. The normalized spacial score (nSPS) is 26.3. The zero-order valence-corrected chi connectivity index (χ0v) is 20.5. The summed E-state index contributed by atoms with van der Waals surface area (Å²) in [7, 11) is 0. The topological polar surface area (TPSA) is 94.3 Å². The minimum Gasteiger partial charge on any atom is -0.361 e. The van der Waals surface area contributed by atoms with Gasteiger partial charge in [-0.3, -0.25) is 19.7 Å². The van der Waals surface area contributed by atoms with E-state index >= 15 is 0 Å². The Labute approximate surface area is 213 Å². The average Bonchev–Trinajstić information content (AvgIpc) is 3.60. The molecule has 3 aliphatic heterocycles. The highest BCUT2D eigenvalue weighted by Gasteiger charge is 2.70. The molecule has 0 aliphatic carbocycles. The molecule has 4 unspecified atom stereocenters. The number of fused-ring (bicyclic) bond motifs is 5. The van der Waals surface area contributed by atoms with Gasteiger partial charge in [-0.15, -0.1) is 0 Å². The number of amides is 3. The van der Waals surface area contributed by atoms with Gasteiger partial charge in [-0.05, 0) is 61.2 Å². The predicted octanol–water partition coefficient (Wildman–Crippen LogP) is 3.95. The quantitative estimate of drug-likeness (QED) is 0.379. The Kier molecular flexibility index (Phi) is 4.54. The summed E-state index contributed by atoms with van der Waals surface area (Å²) in [4.78, 5) is 46.5. The third-order valence-electron chi connectivity index (χ3n) is 8.49. The van der Waals surface area contributed by atoms with Crippen molar-refractivity contribution in [1.82, 2.24) is 10.3 Å². The Hall–Kier alpha value is -4.23. The number of aromatic amines is 1. The van der Waals surface area contributed by atoms with E-state index in [4.69, 9.17) is 0 Å². The van der Waals surface area contributed by atoms with Gasteiger partial charge in [0.15, 0.2) is 0 Å². The van der Waals surface area contributed by atoms with Gasteiger partial charge in [-0.1, -0.05) is 42.5 Å². The summed E-state index contributed by atoms with van der Waals surface area (Å²) in [6.07, 6.45) is 2.46. The molecule has 3 aromatic carbocycles. The van der Waals surface area contributed by atoms with Crippen LogP contribution in [0.1, 0.15) is 22.3 Å².